The van der Waals surface area contributed by atoms with E-state index in [2.05, 4.69) is 16.3 Å². The Balaban J connectivity index is 1.00. The third kappa shape index (κ3) is 7.17. The van der Waals surface area contributed by atoms with Gasteiger partial charge in [-0.15, -0.1) is 0 Å². The minimum atomic E-state index is -1.88. The Labute approximate surface area is 267 Å². The van der Waals surface area contributed by atoms with E-state index in [1.807, 2.05) is 109 Å². The van der Waals surface area contributed by atoms with Crippen molar-refractivity contribution in [3.8, 4) is 17.0 Å². The summed E-state index contributed by atoms with van der Waals surface area (Å²) in [5, 5.41) is 24.6. The zero-order chi connectivity index (χ0) is 31.9. The Morgan fingerprint density at radius 1 is 0.783 bits per heavy atom. The number of carbonyl (C=O) groups excluding carboxylic acids is 2. The van der Waals surface area contributed by atoms with Gasteiger partial charge in [-0.2, -0.15) is 0 Å². The molecule has 234 valence electrons. The molecule has 4 aromatic carbocycles. The SMILES string of the molecule is O=C(NCc1ccc(OCc2cc(-c3ccccc3)nc3ccccc23)cc1)[C@H](O)[C@@H](O)C(=O)N1CCN(c2ccccc2)CC1. The molecule has 0 aliphatic carbocycles. The second-order valence-corrected chi connectivity index (χ2v) is 11.2. The summed E-state index contributed by atoms with van der Waals surface area (Å²) in [5.41, 5.74) is 5.66. The molecule has 9 heteroatoms. The van der Waals surface area contributed by atoms with Gasteiger partial charge in [0.2, 0.25) is 0 Å². The van der Waals surface area contributed by atoms with Gasteiger partial charge >= 0.3 is 0 Å². The van der Waals surface area contributed by atoms with Crippen LogP contribution in [0.1, 0.15) is 11.1 Å². The standard InChI is InChI=1S/C37H36N4O5/c42-34(35(43)37(45)41-21-19-40(20-22-41)29-11-5-2-6-12-29)36(44)38-24-26-15-17-30(18-16-26)46-25-28-23-33(27-9-3-1-4-10-27)39-32-14-8-7-13-31(28)32/h1-18,23,34-35,42-43H,19-22,24-25H2,(H,38,44)/t34-,35-/m1/s1. The smallest absolute Gasteiger partial charge is 0.254 e. The fourth-order valence-corrected chi connectivity index (χ4v) is 5.57. The maximum absolute atomic E-state index is 12.8. The second kappa shape index (κ2) is 14.2. The van der Waals surface area contributed by atoms with Crippen LogP contribution in [0.4, 0.5) is 5.69 Å². The Bertz CT molecular complexity index is 1780. The molecule has 0 saturated carbocycles. The molecule has 1 fully saturated rings. The number of rotatable bonds is 10. The topological polar surface area (TPSA) is 115 Å². The molecular weight excluding hydrogens is 580 g/mol. The number of nitrogens with zero attached hydrogens (tertiary/aromatic N) is 3. The average molecular weight is 617 g/mol. The summed E-state index contributed by atoms with van der Waals surface area (Å²) in [4.78, 5) is 33.9. The second-order valence-electron chi connectivity index (χ2n) is 11.2. The fourth-order valence-electron chi connectivity index (χ4n) is 5.57. The summed E-state index contributed by atoms with van der Waals surface area (Å²) in [6.45, 7) is 2.43. The highest BCUT2D eigenvalue weighted by Crippen LogP contribution is 2.26. The van der Waals surface area contributed by atoms with Crippen LogP contribution >= 0.6 is 0 Å². The molecule has 5 aromatic rings. The number of piperazine rings is 1. The zero-order valence-electron chi connectivity index (χ0n) is 25.3. The Hall–Kier alpha value is -5.25. The predicted octanol–water partition coefficient (Wildman–Crippen LogP) is 4.17. The first-order valence-electron chi connectivity index (χ1n) is 15.3. The molecule has 3 N–H and O–H groups in total. The number of aliphatic hydroxyl groups is 2. The lowest BCUT2D eigenvalue weighted by Gasteiger charge is -2.37. The monoisotopic (exact) mass is 616 g/mol. The molecule has 2 atom stereocenters. The van der Waals surface area contributed by atoms with Gasteiger partial charge in [0.25, 0.3) is 11.8 Å². The van der Waals surface area contributed by atoms with E-state index < -0.39 is 24.0 Å². The maximum Gasteiger partial charge on any atom is 0.254 e. The molecule has 0 bridgehead atoms. The van der Waals surface area contributed by atoms with Crippen LogP contribution in [0.25, 0.3) is 22.2 Å². The number of aliphatic hydroxyl groups excluding tert-OH is 2. The number of hydrogen-bond acceptors (Lipinski definition) is 7. The van der Waals surface area contributed by atoms with Gasteiger partial charge in [0, 0.05) is 54.9 Å². The molecule has 1 aromatic heterocycles. The highest BCUT2D eigenvalue weighted by Gasteiger charge is 2.34. The van der Waals surface area contributed by atoms with Crippen LogP contribution in [0.3, 0.4) is 0 Å². The van der Waals surface area contributed by atoms with Gasteiger partial charge in [-0.25, -0.2) is 4.98 Å². The molecule has 46 heavy (non-hydrogen) atoms. The Kier molecular flexibility index (Phi) is 9.52. The van der Waals surface area contributed by atoms with E-state index in [9.17, 15) is 19.8 Å². The molecule has 2 amide bonds. The van der Waals surface area contributed by atoms with E-state index in [1.54, 1.807) is 0 Å². The lowest BCUT2D eigenvalue weighted by atomic mass is 10.0. The van der Waals surface area contributed by atoms with Gasteiger partial charge < -0.3 is 30.1 Å². The number of ether oxygens (including phenoxy) is 1. The molecule has 2 heterocycles. The number of hydrogen-bond donors (Lipinski definition) is 3. The van der Waals surface area contributed by atoms with Crippen LogP contribution < -0.4 is 15.0 Å². The van der Waals surface area contributed by atoms with Crippen molar-refractivity contribution in [2.24, 2.45) is 0 Å². The number of para-hydroxylation sites is 2. The van der Waals surface area contributed by atoms with Crippen LogP contribution in [0.2, 0.25) is 0 Å². The lowest BCUT2D eigenvalue weighted by Crippen LogP contribution is -2.55. The van der Waals surface area contributed by atoms with Crippen molar-refractivity contribution >= 4 is 28.4 Å². The minimum absolute atomic E-state index is 0.113. The van der Waals surface area contributed by atoms with Gasteiger partial charge in [0.1, 0.15) is 12.4 Å². The summed E-state index contributed by atoms with van der Waals surface area (Å²) in [6, 6.07) is 37.2. The number of nitrogens with one attached hydrogen (secondary N) is 1. The van der Waals surface area contributed by atoms with Crippen molar-refractivity contribution in [1.82, 2.24) is 15.2 Å². The van der Waals surface area contributed by atoms with Crippen molar-refractivity contribution < 1.29 is 24.5 Å². The summed E-state index contributed by atoms with van der Waals surface area (Å²) < 4.78 is 6.12. The molecule has 1 saturated heterocycles. The van der Waals surface area contributed by atoms with Crippen LogP contribution in [0, 0.1) is 0 Å². The van der Waals surface area contributed by atoms with E-state index in [1.165, 1.54) is 4.90 Å². The quantitative estimate of drug-likeness (QED) is 0.216. The third-order valence-electron chi connectivity index (χ3n) is 8.19. The molecule has 0 spiro atoms. The molecule has 6 rings (SSSR count). The van der Waals surface area contributed by atoms with E-state index in [0.717, 1.165) is 39.0 Å². The molecule has 0 unspecified atom stereocenters. The number of aromatic nitrogens is 1. The number of fused-ring (bicyclic) bond motifs is 1. The highest BCUT2D eigenvalue weighted by molar-refractivity contribution is 5.91. The number of benzene rings is 4. The summed E-state index contributed by atoms with van der Waals surface area (Å²) in [7, 11) is 0. The van der Waals surface area contributed by atoms with E-state index in [0.29, 0.717) is 38.5 Å². The number of carbonyl (C=O) groups is 2. The number of anilines is 1. The zero-order valence-corrected chi connectivity index (χ0v) is 25.3. The molecule has 1 aliphatic rings. The molecule has 9 nitrogen and oxygen atoms in total. The fraction of sp³-hybridized carbons (Fsp3) is 0.216. The van der Waals surface area contributed by atoms with E-state index in [4.69, 9.17) is 9.72 Å². The number of pyridine rings is 1. The van der Waals surface area contributed by atoms with Crippen LogP contribution in [0.15, 0.2) is 115 Å². The maximum atomic E-state index is 12.8. The average Bonchev–Trinajstić information content (AvgIpc) is 3.13. The van der Waals surface area contributed by atoms with E-state index in [-0.39, 0.29) is 6.54 Å². The number of amides is 2. The van der Waals surface area contributed by atoms with Crippen molar-refractivity contribution in [1.29, 1.82) is 0 Å². The van der Waals surface area contributed by atoms with Gasteiger partial charge in [-0.3, -0.25) is 9.59 Å². The predicted molar refractivity (Wildman–Crippen MR) is 177 cm³/mol. The normalized spacial score (nSPS) is 14.5. The molecular formula is C37H36N4O5. The van der Waals surface area contributed by atoms with Crippen molar-refractivity contribution in [3.05, 3.63) is 126 Å². The minimum Gasteiger partial charge on any atom is -0.489 e. The summed E-state index contributed by atoms with van der Waals surface area (Å²) in [6.07, 6.45) is -3.72. The summed E-state index contributed by atoms with van der Waals surface area (Å²) in [5.74, 6) is -0.816. The van der Waals surface area contributed by atoms with Crippen molar-refractivity contribution in [2.45, 2.75) is 25.4 Å². The van der Waals surface area contributed by atoms with Gasteiger partial charge in [0.15, 0.2) is 12.2 Å². The van der Waals surface area contributed by atoms with Crippen molar-refractivity contribution in [3.63, 3.8) is 0 Å². The highest BCUT2D eigenvalue weighted by atomic mass is 16.5. The van der Waals surface area contributed by atoms with Gasteiger partial charge in [-0.05, 0) is 42.0 Å². The first-order valence-corrected chi connectivity index (χ1v) is 15.3. The van der Waals surface area contributed by atoms with Crippen LogP contribution in [-0.2, 0) is 22.7 Å². The lowest BCUT2D eigenvalue weighted by molar-refractivity contribution is -0.153. The van der Waals surface area contributed by atoms with E-state index >= 15 is 0 Å². The largest absolute Gasteiger partial charge is 0.489 e. The molecule has 0 radical (unpaired) electrons. The molecule has 1 aliphatic heterocycles. The first-order chi connectivity index (χ1) is 22.5. The Morgan fingerprint density at radius 2 is 1.43 bits per heavy atom. The summed E-state index contributed by atoms with van der Waals surface area (Å²) >= 11 is 0. The van der Waals surface area contributed by atoms with Crippen molar-refractivity contribution in [2.75, 3.05) is 31.1 Å². The van der Waals surface area contributed by atoms with Crippen LogP contribution in [-0.4, -0.2) is 70.3 Å². The third-order valence-corrected chi connectivity index (χ3v) is 8.19. The first kappa shape index (κ1) is 30.8. The van der Waals surface area contributed by atoms with Crippen LogP contribution in [0.5, 0.6) is 5.75 Å². The Morgan fingerprint density at radius 3 is 2.15 bits per heavy atom. The van der Waals surface area contributed by atoms with Gasteiger partial charge in [-0.1, -0.05) is 78.9 Å². The van der Waals surface area contributed by atoms with Gasteiger partial charge in [0.05, 0.1) is 11.2 Å².